The predicted octanol–water partition coefficient (Wildman–Crippen LogP) is 1.47. The molecule has 112 valence electrons. The summed E-state index contributed by atoms with van der Waals surface area (Å²) in [6, 6.07) is 7.75. The Morgan fingerprint density at radius 3 is 2.77 bits per heavy atom. The number of aromatic nitrogens is 4. The number of likely N-dealkylation sites (tertiary alicyclic amines) is 1. The maximum Gasteiger partial charge on any atom is 0.270 e. The minimum absolute atomic E-state index is 0.00132. The number of hydrogen-bond donors (Lipinski definition) is 1. The Bertz CT molecular complexity index is 818. The molecule has 0 bridgehead atoms. The average molecular weight is 297 g/mol. The quantitative estimate of drug-likeness (QED) is 0.794. The summed E-state index contributed by atoms with van der Waals surface area (Å²) < 4.78 is 5.20. The lowest BCUT2D eigenvalue weighted by Crippen LogP contribution is -2.51. The zero-order valence-electron chi connectivity index (χ0n) is 12.1. The van der Waals surface area contributed by atoms with Crippen LogP contribution in [-0.4, -0.2) is 51.0 Å². The smallest absolute Gasteiger partial charge is 0.270 e. The Morgan fingerprint density at radius 2 is 2.05 bits per heavy atom. The van der Waals surface area contributed by atoms with Gasteiger partial charge >= 0.3 is 0 Å². The van der Waals surface area contributed by atoms with Gasteiger partial charge in [0.2, 0.25) is 0 Å². The lowest BCUT2D eigenvalue weighted by Gasteiger charge is -2.37. The highest BCUT2D eigenvalue weighted by molar-refractivity contribution is 5.98. The number of hydrogen-bond acceptors (Lipinski definition) is 4. The van der Waals surface area contributed by atoms with E-state index in [1.54, 1.807) is 29.2 Å². The first-order valence-electron chi connectivity index (χ1n) is 7.06. The Balaban J connectivity index is 1.51. The van der Waals surface area contributed by atoms with Gasteiger partial charge in [0.25, 0.3) is 5.91 Å². The second-order valence-corrected chi connectivity index (χ2v) is 5.35. The molecule has 3 aromatic rings. The molecule has 1 N–H and O–H groups in total. The number of H-pyrrole nitrogens is 1. The molecule has 2 aromatic heterocycles. The second-order valence-electron chi connectivity index (χ2n) is 5.35. The highest BCUT2D eigenvalue weighted by atomic mass is 16.5. The van der Waals surface area contributed by atoms with Gasteiger partial charge in [-0.15, -0.1) is 0 Å². The van der Waals surface area contributed by atoms with Crippen LogP contribution in [0.5, 0.6) is 5.75 Å². The topological polar surface area (TPSA) is 76.0 Å². The van der Waals surface area contributed by atoms with Crippen molar-refractivity contribution in [1.29, 1.82) is 0 Å². The van der Waals surface area contributed by atoms with Crippen LogP contribution in [0.3, 0.4) is 0 Å². The number of ether oxygens (including phenoxy) is 1. The van der Waals surface area contributed by atoms with Crippen LogP contribution in [0.15, 0.2) is 36.7 Å². The highest BCUT2D eigenvalue weighted by Gasteiger charge is 2.34. The van der Waals surface area contributed by atoms with E-state index in [4.69, 9.17) is 4.74 Å². The van der Waals surface area contributed by atoms with Crippen molar-refractivity contribution in [1.82, 2.24) is 24.9 Å². The maximum absolute atomic E-state index is 12.5. The monoisotopic (exact) mass is 297 g/mol. The van der Waals surface area contributed by atoms with Crippen LogP contribution in [0.2, 0.25) is 0 Å². The standard InChI is InChI=1S/C15H15N5O2/c1-22-12-3-2-10-6-14(18-13(10)7-12)15(21)19-8-11(9-19)20-16-4-5-17-20/h2-7,11,18H,8-9H2,1H3. The van der Waals surface area contributed by atoms with Crippen molar-refractivity contribution in [3.8, 4) is 5.75 Å². The summed E-state index contributed by atoms with van der Waals surface area (Å²) in [7, 11) is 1.62. The van der Waals surface area contributed by atoms with Gasteiger partial charge in [-0.3, -0.25) is 4.79 Å². The third kappa shape index (κ3) is 2.02. The number of benzene rings is 1. The molecule has 0 unspecified atom stereocenters. The number of fused-ring (bicyclic) bond motifs is 1. The lowest BCUT2D eigenvalue weighted by molar-refractivity contribution is 0.0471. The Labute approximate surface area is 126 Å². The van der Waals surface area contributed by atoms with E-state index < -0.39 is 0 Å². The summed E-state index contributed by atoms with van der Waals surface area (Å²) in [6.07, 6.45) is 3.30. The number of nitrogens with one attached hydrogen (secondary N) is 1. The van der Waals surface area contributed by atoms with E-state index >= 15 is 0 Å². The van der Waals surface area contributed by atoms with Crippen molar-refractivity contribution in [2.24, 2.45) is 0 Å². The fraction of sp³-hybridized carbons (Fsp3) is 0.267. The molecule has 0 spiro atoms. The predicted molar refractivity (Wildman–Crippen MR) is 79.8 cm³/mol. The molecule has 7 heteroatoms. The third-order valence-corrected chi connectivity index (χ3v) is 3.97. The summed E-state index contributed by atoms with van der Waals surface area (Å²) >= 11 is 0. The van der Waals surface area contributed by atoms with Gasteiger partial charge in [-0.1, -0.05) is 0 Å². The van der Waals surface area contributed by atoms with Crippen molar-refractivity contribution in [3.05, 3.63) is 42.4 Å². The molecule has 0 radical (unpaired) electrons. The first-order chi connectivity index (χ1) is 10.7. The number of methoxy groups -OCH3 is 1. The largest absolute Gasteiger partial charge is 0.497 e. The normalized spacial score (nSPS) is 15.0. The van der Waals surface area contributed by atoms with Gasteiger partial charge < -0.3 is 14.6 Å². The molecule has 1 amide bonds. The summed E-state index contributed by atoms with van der Waals surface area (Å²) in [5.41, 5.74) is 1.49. The average Bonchev–Trinajstić information content (AvgIpc) is 3.13. The number of aromatic amines is 1. The SMILES string of the molecule is COc1ccc2cc(C(=O)N3CC(n4nccn4)C3)[nH]c2c1. The van der Waals surface area contributed by atoms with Gasteiger partial charge in [0, 0.05) is 30.1 Å². The van der Waals surface area contributed by atoms with Crippen LogP contribution in [0.1, 0.15) is 16.5 Å². The van der Waals surface area contributed by atoms with Crippen molar-refractivity contribution >= 4 is 16.8 Å². The van der Waals surface area contributed by atoms with Crippen LogP contribution < -0.4 is 4.74 Å². The van der Waals surface area contributed by atoms with Gasteiger partial charge in [-0.2, -0.15) is 15.0 Å². The molecule has 1 fully saturated rings. The maximum atomic E-state index is 12.5. The molecule has 1 aliphatic rings. The van der Waals surface area contributed by atoms with E-state index in [-0.39, 0.29) is 11.9 Å². The van der Waals surface area contributed by atoms with E-state index in [9.17, 15) is 4.79 Å². The van der Waals surface area contributed by atoms with E-state index in [1.165, 1.54) is 0 Å². The van der Waals surface area contributed by atoms with E-state index in [0.29, 0.717) is 18.8 Å². The molecule has 0 atom stereocenters. The Hall–Kier alpha value is -2.83. The van der Waals surface area contributed by atoms with Gasteiger partial charge in [0.15, 0.2) is 0 Å². The van der Waals surface area contributed by atoms with Gasteiger partial charge in [0.05, 0.1) is 19.5 Å². The Morgan fingerprint density at radius 1 is 1.27 bits per heavy atom. The van der Waals surface area contributed by atoms with E-state index in [0.717, 1.165) is 16.7 Å². The van der Waals surface area contributed by atoms with Gasteiger partial charge in [0.1, 0.15) is 17.5 Å². The number of amides is 1. The first-order valence-corrected chi connectivity index (χ1v) is 7.06. The minimum atomic E-state index is -0.00132. The number of carbonyl (C=O) groups excluding carboxylic acids is 1. The van der Waals surface area contributed by atoms with Gasteiger partial charge in [-0.25, -0.2) is 0 Å². The van der Waals surface area contributed by atoms with Crippen LogP contribution in [0, 0.1) is 0 Å². The molecule has 3 heterocycles. The summed E-state index contributed by atoms with van der Waals surface area (Å²) in [4.78, 5) is 19.1. The summed E-state index contributed by atoms with van der Waals surface area (Å²) in [6.45, 7) is 1.26. The fourth-order valence-corrected chi connectivity index (χ4v) is 2.70. The number of carbonyl (C=O) groups is 1. The van der Waals surface area contributed by atoms with Crippen LogP contribution in [-0.2, 0) is 0 Å². The summed E-state index contributed by atoms with van der Waals surface area (Å²) in [5, 5.41) is 9.20. The fourth-order valence-electron chi connectivity index (χ4n) is 2.70. The van der Waals surface area contributed by atoms with Gasteiger partial charge in [-0.05, 0) is 18.2 Å². The zero-order chi connectivity index (χ0) is 15.1. The van der Waals surface area contributed by atoms with E-state index in [1.807, 2.05) is 24.3 Å². The van der Waals surface area contributed by atoms with Crippen molar-refractivity contribution in [3.63, 3.8) is 0 Å². The first kappa shape index (κ1) is 12.9. The molecule has 22 heavy (non-hydrogen) atoms. The van der Waals surface area contributed by atoms with Crippen molar-refractivity contribution in [2.75, 3.05) is 20.2 Å². The summed E-state index contributed by atoms with van der Waals surface area (Å²) in [5.74, 6) is 0.765. The molecule has 1 saturated heterocycles. The van der Waals surface area contributed by atoms with Crippen LogP contribution >= 0.6 is 0 Å². The van der Waals surface area contributed by atoms with E-state index in [2.05, 4.69) is 15.2 Å². The molecular formula is C15H15N5O2. The minimum Gasteiger partial charge on any atom is -0.497 e. The lowest BCUT2D eigenvalue weighted by atomic mass is 10.1. The molecule has 4 rings (SSSR count). The van der Waals surface area contributed by atoms with Crippen LogP contribution in [0.4, 0.5) is 0 Å². The molecule has 1 aromatic carbocycles. The highest BCUT2D eigenvalue weighted by Crippen LogP contribution is 2.25. The number of rotatable bonds is 3. The van der Waals surface area contributed by atoms with Crippen molar-refractivity contribution < 1.29 is 9.53 Å². The Kier molecular flexibility index (Phi) is 2.85. The van der Waals surface area contributed by atoms with Crippen LogP contribution in [0.25, 0.3) is 10.9 Å². The second kappa shape index (κ2) is 4.87. The van der Waals surface area contributed by atoms with Crippen molar-refractivity contribution in [2.45, 2.75) is 6.04 Å². The third-order valence-electron chi connectivity index (χ3n) is 3.97. The molecule has 0 aliphatic carbocycles. The number of nitrogens with zero attached hydrogens (tertiary/aromatic N) is 4. The zero-order valence-corrected chi connectivity index (χ0v) is 12.1. The molecule has 0 saturated carbocycles. The molecular weight excluding hydrogens is 282 g/mol. The molecule has 1 aliphatic heterocycles. The molecule has 7 nitrogen and oxygen atoms in total.